The molecule has 0 saturated carbocycles. The minimum atomic E-state index is -2.17. The standard InChI is InChI=1S/C10H10BrNO6.H2O/c11-5-3-1-2-4-6(5)12-18-8(10(16)17)7(13)9(14)15;/h1-4,7-8,12-13H,(H,14,15)(H,16,17);1H2. The van der Waals surface area contributed by atoms with E-state index < -0.39 is 24.1 Å². The number of rotatable bonds is 6. The Morgan fingerprint density at radius 3 is 2.26 bits per heavy atom. The SMILES string of the molecule is O.O=C(O)C(O)C(ONc1ccccc1Br)C(=O)O. The zero-order chi connectivity index (χ0) is 13.7. The van der Waals surface area contributed by atoms with Crippen LogP contribution in [0.3, 0.4) is 0 Å². The van der Waals surface area contributed by atoms with Crippen LogP contribution < -0.4 is 5.48 Å². The monoisotopic (exact) mass is 337 g/mol. The number of carboxylic acids is 2. The molecule has 0 spiro atoms. The van der Waals surface area contributed by atoms with E-state index in [0.29, 0.717) is 10.2 Å². The summed E-state index contributed by atoms with van der Waals surface area (Å²) in [6, 6.07) is 6.65. The second-order valence-electron chi connectivity index (χ2n) is 3.24. The molecule has 9 heteroatoms. The van der Waals surface area contributed by atoms with Gasteiger partial charge in [-0.25, -0.2) is 9.59 Å². The van der Waals surface area contributed by atoms with Gasteiger partial charge in [0.15, 0.2) is 6.10 Å². The Balaban J connectivity index is 0.00000324. The van der Waals surface area contributed by atoms with Crippen molar-refractivity contribution in [3.63, 3.8) is 0 Å². The molecule has 6 N–H and O–H groups in total. The maximum atomic E-state index is 10.8. The van der Waals surface area contributed by atoms with Crippen LogP contribution in [0.15, 0.2) is 28.7 Å². The lowest BCUT2D eigenvalue weighted by atomic mass is 10.2. The highest BCUT2D eigenvalue weighted by Gasteiger charge is 2.33. The second kappa shape index (κ2) is 7.69. The fourth-order valence-electron chi connectivity index (χ4n) is 1.05. The van der Waals surface area contributed by atoms with Gasteiger partial charge >= 0.3 is 11.9 Å². The summed E-state index contributed by atoms with van der Waals surface area (Å²) in [7, 11) is 0. The fraction of sp³-hybridized carbons (Fsp3) is 0.200. The first-order chi connectivity index (χ1) is 8.43. The van der Waals surface area contributed by atoms with E-state index in [0.717, 1.165) is 0 Å². The van der Waals surface area contributed by atoms with Gasteiger partial charge in [0.2, 0.25) is 6.10 Å². The third kappa shape index (κ3) is 4.83. The molecule has 0 aliphatic rings. The summed E-state index contributed by atoms with van der Waals surface area (Å²) >= 11 is 3.18. The van der Waals surface area contributed by atoms with Crippen LogP contribution in [0.25, 0.3) is 0 Å². The quantitative estimate of drug-likeness (QED) is 0.528. The van der Waals surface area contributed by atoms with Gasteiger partial charge in [-0.1, -0.05) is 12.1 Å². The smallest absolute Gasteiger partial charge is 0.339 e. The van der Waals surface area contributed by atoms with E-state index >= 15 is 0 Å². The molecule has 0 aromatic heterocycles. The first kappa shape index (κ1) is 17.3. The van der Waals surface area contributed by atoms with Gasteiger partial charge in [0.1, 0.15) is 0 Å². The van der Waals surface area contributed by atoms with Gasteiger partial charge in [-0.2, -0.15) is 0 Å². The molecule has 0 radical (unpaired) electrons. The van der Waals surface area contributed by atoms with Crippen molar-refractivity contribution < 1.29 is 35.2 Å². The lowest BCUT2D eigenvalue weighted by Gasteiger charge is -2.17. The van der Waals surface area contributed by atoms with E-state index in [1.165, 1.54) is 0 Å². The van der Waals surface area contributed by atoms with E-state index in [1.807, 2.05) is 0 Å². The molecule has 1 aromatic rings. The minimum absolute atomic E-state index is 0. The van der Waals surface area contributed by atoms with E-state index in [2.05, 4.69) is 26.2 Å². The number of nitrogens with one attached hydrogen (secondary N) is 1. The molecule has 106 valence electrons. The van der Waals surface area contributed by atoms with Gasteiger partial charge in [0.05, 0.1) is 5.69 Å². The van der Waals surface area contributed by atoms with Crippen LogP contribution in [-0.2, 0) is 14.4 Å². The van der Waals surface area contributed by atoms with Crippen LogP contribution in [0, 0.1) is 0 Å². The number of para-hydroxylation sites is 1. The Morgan fingerprint density at radius 2 is 1.79 bits per heavy atom. The van der Waals surface area contributed by atoms with Crippen molar-refractivity contribution in [2.45, 2.75) is 12.2 Å². The topological polar surface area (TPSA) is 148 Å². The van der Waals surface area contributed by atoms with Crippen molar-refractivity contribution in [2.75, 3.05) is 5.48 Å². The number of carbonyl (C=O) groups is 2. The molecule has 0 aliphatic heterocycles. The molecule has 8 nitrogen and oxygen atoms in total. The molecule has 1 aromatic carbocycles. The average Bonchev–Trinajstić information content (AvgIpc) is 2.30. The van der Waals surface area contributed by atoms with Crippen molar-refractivity contribution in [3.05, 3.63) is 28.7 Å². The molecule has 2 atom stereocenters. The minimum Gasteiger partial charge on any atom is -0.479 e. The number of benzene rings is 1. The van der Waals surface area contributed by atoms with E-state index in [4.69, 9.17) is 15.3 Å². The van der Waals surface area contributed by atoms with Gasteiger partial charge < -0.3 is 20.8 Å². The van der Waals surface area contributed by atoms with Gasteiger partial charge in [-0.3, -0.25) is 10.3 Å². The highest BCUT2D eigenvalue weighted by molar-refractivity contribution is 9.10. The van der Waals surface area contributed by atoms with E-state index in [1.54, 1.807) is 24.3 Å². The normalized spacial score (nSPS) is 12.9. The molecule has 0 amide bonds. The third-order valence-electron chi connectivity index (χ3n) is 1.95. The van der Waals surface area contributed by atoms with Crippen LogP contribution in [0.4, 0.5) is 5.69 Å². The van der Waals surface area contributed by atoms with Crippen LogP contribution >= 0.6 is 15.9 Å². The predicted molar refractivity (Wildman–Crippen MR) is 67.5 cm³/mol. The lowest BCUT2D eigenvalue weighted by Crippen LogP contribution is -2.42. The average molecular weight is 338 g/mol. The zero-order valence-corrected chi connectivity index (χ0v) is 11.0. The molecule has 0 saturated heterocycles. The third-order valence-corrected chi connectivity index (χ3v) is 2.64. The van der Waals surface area contributed by atoms with Gasteiger partial charge in [-0.15, -0.1) is 0 Å². The molecule has 0 bridgehead atoms. The Kier molecular flexibility index (Phi) is 7.01. The maximum absolute atomic E-state index is 10.8. The highest BCUT2D eigenvalue weighted by Crippen LogP contribution is 2.21. The molecule has 0 aliphatic carbocycles. The Morgan fingerprint density at radius 1 is 1.21 bits per heavy atom. The molecule has 19 heavy (non-hydrogen) atoms. The van der Waals surface area contributed by atoms with Crippen molar-refractivity contribution in [1.82, 2.24) is 0 Å². The van der Waals surface area contributed by atoms with Crippen LogP contribution in [0.1, 0.15) is 0 Å². The number of carboxylic acid groups (broad SMARTS) is 2. The Labute approximate surface area is 116 Å². The number of halogens is 1. The van der Waals surface area contributed by atoms with E-state index in [-0.39, 0.29) is 5.48 Å². The van der Waals surface area contributed by atoms with Crippen LogP contribution in [0.2, 0.25) is 0 Å². The van der Waals surface area contributed by atoms with Crippen LogP contribution in [0.5, 0.6) is 0 Å². The van der Waals surface area contributed by atoms with Gasteiger partial charge in [0, 0.05) is 4.47 Å². The number of aliphatic hydroxyl groups excluding tert-OH is 1. The second-order valence-corrected chi connectivity index (χ2v) is 4.10. The number of hydrogen-bond donors (Lipinski definition) is 4. The predicted octanol–water partition coefficient (Wildman–Crippen LogP) is -0.133. The number of hydrogen-bond acceptors (Lipinski definition) is 5. The van der Waals surface area contributed by atoms with Gasteiger partial charge in [-0.05, 0) is 28.1 Å². The zero-order valence-electron chi connectivity index (χ0n) is 9.41. The van der Waals surface area contributed by atoms with Crippen molar-refractivity contribution in [2.24, 2.45) is 0 Å². The highest BCUT2D eigenvalue weighted by atomic mass is 79.9. The summed E-state index contributed by atoms with van der Waals surface area (Å²) in [6.45, 7) is 0. The molecule has 0 heterocycles. The molecule has 0 fully saturated rings. The van der Waals surface area contributed by atoms with E-state index in [9.17, 15) is 9.59 Å². The number of aliphatic hydroxyl groups is 1. The summed E-state index contributed by atoms with van der Waals surface area (Å²) < 4.78 is 0.596. The Bertz CT molecular complexity index is 453. The molecule has 1 rings (SSSR count). The fourth-order valence-corrected chi connectivity index (χ4v) is 1.42. The summed E-state index contributed by atoms with van der Waals surface area (Å²) in [5.74, 6) is -3.28. The molecular formula is C10H12BrNO7. The van der Waals surface area contributed by atoms with Gasteiger partial charge in [0.25, 0.3) is 0 Å². The first-order valence-electron chi connectivity index (χ1n) is 4.73. The van der Waals surface area contributed by atoms with Crippen molar-refractivity contribution >= 4 is 33.6 Å². The number of aliphatic carboxylic acids is 2. The lowest BCUT2D eigenvalue weighted by molar-refractivity contribution is -0.168. The maximum Gasteiger partial charge on any atom is 0.339 e. The summed E-state index contributed by atoms with van der Waals surface area (Å²) in [5, 5.41) is 26.4. The van der Waals surface area contributed by atoms with Crippen LogP contribution in [-0.4, -0.2) is 44.9 Å². The number of anilines is 1. The largest absolute Gasteiger partial charge is 0.479 e. The summed E-state index contributed by atoms with van der Waals surface area (Å²) in [5.41, 5.74) is 2.68. The van der Waals surface area contributed by atoms with Crippen molar-refractivity contribution in [1.29, 1.82) is 0 Å². The first-order valence-corrected chi connectivity index (χ1v) is 5.52. The van der Waals surface area contributed by atoms with Crippen molar-refractivity contribution in [3.8, 4) is 0 Å². The molecule has 2 unspecified atom stereocenters. The summed E-state index contributed by atoms with van der Waals surface area (Å²) in [6.07, 6.45) is -4.09. The Hall–Kier alpha value is -1.68. The molecular weight excluding hydrogens is 326 g/mol. The summed E-state index contributed by atoms with van der Waals surface area (Å²) in [4.78, 5) is 25.9.